The van der Waals surface area contributed by atoms with Gasteiger partial charge in [-0.1, -0.05) is 12.1 Å². The minimum atomic E-state index is 0.241. The number of phenols is 1. The molecule has 102 valence electrons. The number of hydrogen-bond donors (Lipinski definition) is 2. The third-order valence-corrected chi connectivity index (χ3v) is 3.37. The van der Waals surface area contributed by atoms with Crippen LogP contribution in [0.1, 0.15) is 19.9 Å². The van der Waals surface area contributed by atoms with Crippen LogP contribution in [0, 0.1) is 0 Å². The molecular weight excluding hydrogens is 252 g/mol. The maximum absolute atomic E-state index is 9.41. The highest BCUT2D eigenvalue weighted by molar-refractivity contribution is 6.00. The van der Waals surface area contributed by atoms with Crippen molar-refractivity contribution in [3.63, 3.8) is 0 Å². The summed E-state index contributed by atoms with van der Waals surface area (Å²) in [5, 5.41) is 10.3. The molecule has 1 aromatic carbocycles. The zero-order chi connectivity index (χ0) is 14.3. The highest BCUT2D eigenvalue weighted by atomic mass is 16.3. The predicted octanol–water partition coefficient (Wildman–Crippen LogP) is 2.97. The highest BCUT2D eigenvalue weighted by Gasteiger charge is 2.16. The van der Waals surface area contributed by atoms with Crippen LogP contribution < -0.4 is 5.73 Å². The van der Waals surface area contributed by atoms with E-state index in [1.807, 2.05) is 18.3 Å². The van der Waals surface area contributed by atoms with Crippen LogP contribution >= 0.6 is 0 Å². The van der Waals surface area contributed by atoms with Crippen LogP contribution in [0.5, 0.6) is 5.75 Å². The Bertz CT molecular complexity index is 759. The van der Waals surface area contributed by atoms with Crippen LogP contribution in [0.25, 0.3) is 22.2 Å². The summed E-state index contributed by atoms with van der Waals surface area (Å²) in [5.74, 6) is 0.711. The number of fused-ring (bicyclic) bond motifs is 1. The Balaban J connectivity index is 2.33. The van der Waals surface area contributed by atoms with Crippen molar-refractivity contribution in [3.8, 4) is 16.9 Å². The molecule has 3 N–H and O–H groups in total. The lowest BCUT2D eigenvalue weighted by molar-refractivity contribution is 0.475. The van der Waals surface area contributed by atoms with Gasteiger partial charge in [-0.05, 0) is 31.5 Å². The van der Waals surface area contributed by atoms with Gasteiger partial charge in [0.25, 0.3) is 0 Å². The molecule has 0 aliphatic heterocycles. The summed E-state index contributed by atoms with van der Waals surface area (Å²) in [6.07, 6.45) is 3.52. The first-order chi connectivity index (χ1) is 9.58. The van der Waals surface area contributed by atoms with Crippen LogP contribution in [0.3, 0.4) is 0 Å². The smallest absolute Gasteiger partial charge is 0.146 e. The van der Waals surface area contributed by atoms with E-state index in [1.54, 1.807) is 12.1 Å². The SMILES string of the molecule is CC(C)n1cc(-c2ccc(O)cc2)c2c(N)ncnc21. The molecule has 0 radical (unpaired) electrons. The summed E-state index contributed by atoms with van der Waals surface area (Å²) in [6, 6.07) is 7.32. The maximum Gasteiger partial charge on any atom is 0.146 e. The highest BCUT2D eigenvalue weighted by Crippen LogP contribution is 2.34. The van der Waals surface area contributed by atoms with Crippen molar-refractivity contribution < 1.29 is 5.11 Å². The van der Waals surface area contributed by atoms with Crippen molar-refractivity contribution in [3.05, 3.63) is 36.8 Å². The number of aromatic nitrogens is 3. The van der Waals surface area contributed by atoms with Gasteiger partial charge in [0.2, 0.25) is 0 Å². The maximum atomic E-state index is 9.41. The number of phenolic OH excluding ortho intramolecular Hbond substituents is 1. The minimum Gasteiger partial charge on any atom is -0.508 e. The summed E-state index contributed by atoms with van der Waals surface area (Å²) < 4.78 is 2.08. The number of nitrogen functional groups attached to an aromatic ring is 1. The summed E-state index contributed by atoms with van der Waals surface area (Å²) in [6.45, 7) is 4.19. The Morgan fingerprint density at radius 1 is 1.15 bits per heavy atom. The molecule has 20 heavy (non-hydrogen) atoms. The topological polar surface area (TPSA) is 77.0 Å². The number of rotatable bonds is 2. The molecule has 3 rings (SSSR count). The third kappa shape index (κ3) is 1.87. The Morgan fingerprint density at radius 3 is 2.50 bits per heavy atom. The van der Waals surface area contributed by atoms with Crippen molar-refractivity contribution in [2.75, 3.05) is 5.73 Å². The summed E-state index contributed by atoms with van der Waals surface area (Å²) in [5.41, 5.74) is 8.81. The Morgan fingerprint density at radius 2 is 1.85 bits per heavy atom. The van der Waals surface area contributed by atoms with Crippen LogP contribution in [0.4, 0.5) is 5.82 Å². The molecule has 0 saturated carbocycles. The Hall–Kier alpha value is -2.56. The molecule has 0 aliphatic carbocycles. The van der Waals surface area contributed by atoms with Gasteiger partial charge >= 0.3 is 0 Å². The average molecular weight is 268 g/mol. The van der Waals surface area contributed by atoms with Crippen molar-refractivity contribution in [2.24, 2.45) is 0 Å². The predicted molar refractivity (Wildman–Crippen MR) is 79.4 cm³/mol. The van der Waals surface area contributed by atoms with E-state index in [1.165, 1.54) is 6.33 Å². The Labute approximate surface area is 116 Å². The molecule has 0 amide bonds. The molecule has 0 spiro atoms. The molecule has 5 nitrogen and oxygen atoms in total. The van der Waals surface area contributed by atoms with Gasteiger partial charge in [-0.2, -0.15) is 0 Å². The number of aromatic hydroxyl groups is 1. The van der Waals surface area contributed by atoms with Crippen molar-refractivity contribution in [1.29, 1.82) is 0 Å². The van der Waals surface area contributed by atoms with Gasteiger partial charge in [-0.25, -0.2) is 9.97 Å². The third-order valence-electron chi connectivity index (χ3n) is 3.37. The van der Waals surface area contributed by atoms with Gasteiger partial charge in [0.1, 0.15) is 23.5 Å². The van der Waals surface area contributed by atoms with E-state index < -0.39 is 0 Å². The van der Waals surface area contributed by atoms with E-state index in [2.05, 4.69) is 28.4 Å². The zero-order valence-corrected chi connectivity index (χ0v) is 11.4. The molecule has 2 heterocycles. The van der Waals surface area contributed by atoms with Crippen LogP contribution in [0.15, 0.2) is 36.8 Å². The lowest BCUT2D eigenvalue weighted by atomic mass is 10.1. The quantitative estimate of drug-likeness (QED) is 0.749. The normalized spacial score (nSPS) is 11.3. The molecule has 0 bridgehead atoms. The number of nitrogens with zero attached hydrogens (tertiary/aromatic N) is 3. The van der Waals surface area contributed by atoms with E-state index in [-0.39, 0.29) is 11.8 Å². The number of nitrogens with two attached hydrogens (primary N) is 1. The van der Waals surface area contributed by atoms with Gasteiger partial charge in [-0.3, -0.25) is 0 Å². The molecule has 0 aliphatic rings. The van der Waals surface area contributed by atoms with Crippen molar-refractivity contribution >= 4 is 16.9 Å². The second-order valence-corrected chi connectivity index (χ2v) is 5.05. The fourth-order valence-corrected chi connectivity index (χ4v) is 2.36. The summed E-state index contributed by atoms with van der Waals surface area (Å²) in [7, 11) is 0. The molecule has 3 aromatic rings. The summed E-state index contributed by atoms with van der Waals surface area (Å²) >= 11 is 0. The zero-order valence-electron chi connectivity index (χ0n) is 11.4. The van der Waals surface area contributed by atoms with Gasteiger partial charge in [0, 0.05) is 17.8 Å². The van der Waals surface area contributed by atoms with E-state index in [9.17, 15) is 5.11 Å². The molecule has 5 heteroatoms. The number of anilines is 1. The Kier molecular flexibility index (Phi) is 2.82. The first-order valence-electron chi connectivity index (χ1n) is 6.48. The second-order valence-electron chi connectivity index (χ2n) is 5.05. The lowest BCUT2D eigenvalue weighted by Gasteiger charge is -2.07. The molecule has 0 unspecified atom stereocenters. The first-order valence-corrected chi connectivity index (χ1v) is 6.48. The van der Waals surface area contributed by atoms with Crippen molar-refractivity contribution in [1.82, 2.24) is 14.5 Å². The molecular formula is C15H16N4O. The number of hydrogen-bond acceptors (Lipinski definition) is 4. The van der Waals surface area contributed by atoms with E-state index in [4.69, 9.17) is 5.73 Å². The standard InChI is InChI=1S/C15H16N4O/c1-9(2)19-7-12(10-3-5-11(20)6-4-10)13-14(16)17-8-18-15(13)19/h3-9,20H,1-2H3,(H2,16,17,18). The van der Waals surface area contributed by atoms with Gasteiger partial charge in [0.15, 0.2) is 0 Å². The minimum absolute atomic E-state index is 0.241. The van der Waals surface area contributed by atoms with E-state index in [0.29, 0.717) is 5.82 Å². The van der Waals surface area contributed by atoms with Crippen LogP contribution in [-0.2, 0) is 0 Å². The van der Waals surface area contributed by atoms with E-state index >= 15 is 0 Å². The molecule has 0 fully saturated rings. The lowest BCUT2D eigenvalue weighted by Crippen LogP contribution is -2.00. The monoisotopic (exact) mass is 268 g/mol. The summed E-state index contributed by atoms with van der Waals surface area (Å²) in [4.78, 5) is 8.44. The van der Waals surface area contributed by atoms with E-state index in [0.717, 1.165) is 22.2 Å². The van der Waals surface area contributed by atoms with Crippen LogP contribution in [0.2, 0.25) is 0 Å². The fourth-order valence-electron chi connectivity index (χ4n) is 2.36. The van der Waals surface area contributed by atoms with Gasteiger partial charge < -0.3 is 15.4 Å². The number of benzene rings is 1. The molecule has 2 aromatic heterocycles. The van der Waals surface area contributed by atoms with Crippen LogP contribution in [-0.4, -0.2) is 19.6 Å². The fraction of sp³-hybridized carbons (Fsp3) is 0.200. The van der Waals surface area contributed by atoms with Gasteiger partial charge in [0.05, 0.1) is 5.39 Å². The second kappa shape index (κ2) is 4.52. The molecule has 0 saturated heterocycles. The largest absolute Gasteiger partial charge is 0.508 e. The average Bonchev–Trinajstić information content (AvgIpc) is 2.81. The van der Waals surface area contributed by atoms with Crippen molar-refractivity contribution in [2.45, 2.75) is 19.9 Å². The van der Waals surface area contributed by atoms with Gasteiger partial charge in [-0.15, -0.1) is 0 Å². The first kappa shape index (κ1) is 12.5. The molecule has 0 atom stereocenters.